The number of hydrogen-bond donors (Lipinski definition) is 1. The fraction of sp³-hybridized carbons (Fsp3) is 0.0588. The number of hydrogen-bond acceptors (Lipinski definition) is 4. The van der Waals surface area contributed by atoms with Crippen LogP contribution in [0.3, 0.4) is 0 Å². The second-order valence-electron chi connectivity index (χ2n) is 4.91. The molecule has 0 saturated carbocycles. The zero-order valence-electron chi connectivity index (χ0n) is 12.4. The molecule has 24 heavy (non-hydrogen) atoms. The highest BCUT2D eigenvalue weighted by molar-refractivity contribution is 7.21. The second-order valence-corrected chi connectivity index (χ2v) is 6.83. The molecule has 0 bridgehead atoms. The van der Waals surface area contributed by atoms with Gasteiger partial charge in [-0.05, 0) is 24.3 Å². The lowest BCUT2D eigenvalue weighted by Crippen LogP contribution is -2.14. The quantitative estimate of drug-likeness (QED) is 0.632. The minimum atomic E-state index is -0.504. The number of anilines is 1. The Morgan fingerprint density at radius 3 is 2.42 bits per heavy atom. The zero-order valence-corrected chi connectivity index (χ0v) is 14.8. The molecule has 7 heteroatoms. The lowest BCUT2D eigenvalue weighted by molar-refractivity contribution is 0.0607. The monoisotopic (exact) mass is 379 g/mol. The number of amides is 1. The van der Waals surface area contributed by atoms with Gasteiger partial charge in [0.1, 0.15) is 4.88 Å². The van der Waals surface area contributed by atoms with Crippen molar-refractivity contribution < 1.29 is 14.3 Å². The number of ether oxygens (including phenoxy) is 1. The summed E-state index contributed by atoms with van der Waals surface area (Å²) in [5.74, 6) is -0.913. The van der Waals surface area contributed by atoms with Crippen LogP contribution in [-0.4, -0.2) is 19.0 Å². The van der Waals surface area contributed by atoms with E-state index in [0.29, 0.717) is 26.2 Å². The number of rotatable bonds is 3. The molecule has 2 aromatic carbocycles. The summed E-state index contributed by atoms with van der Waals surface area (Å²) in [6.07, 6.45) is 0. The zero-order chi connectivity index (χ0) is 17.3. The number of methoxy groups -OCH3 is 1. The molecule has 3 aromatic rings. The summed E-state index contributed by atoms with van der Waals surface area (Å²) < 4.78 is 5.68. The molecular formula is C17H11Cl2NO3S. The largest absolute Gasteiger partial charge is 0.465 e. The van der Waals surface area contributed by atoms with Gasteiger partial charge < -0.3 is 10.1 Å². The van der Waals surface area contributed by atoms with Crippen LogP contribution in [0.4, 0.5) is 5.69 Å². The number of carbonyl (C=O) groups is 2. The van der Waals surface area contributed by atoms with Gasteiger partial charge in [-0.1, -0.05) is 41.4 Å². The summed E-state index contributed by atoms with van der Waals surface area (Å²) in [6.45, 7) is 0. The lowest BCUT2D eigenvalue weighted by Gasteiger charge is -2.07. The fourth-order valence-corrected chi connectivity index (χ4v) is 3.88. The minimum absolute atomic E-state index is 0.304. The van der Waals surface area contributed by atoms with E-state index in [9.17, 15) is 9.59 Å². The average Bonchev–Trinajstić information content (AvgIpc) is 2.92. The fourth-order valence-electron chi connectivity index (χ4n) is 2.28. The van der Waals surface area contributed by atoms with E-state index in [2.05, 4.69) is 5.32 Å². The SMILES string of the molecule is COC(=O)c1sc2ccccc2c1NC(=O)c1cc(Cl)cc(Cl)c1. The van der Waals surface area contributed by atoms with E-state index in [1.54, 1.807) is 6.07 Å². The first-order valence-electron chi connectivity index (χ1n) is 6.87. The van der Waals surface area contributed by atoms with Gasteiger partial charge in [-0.15, -0.1) is 11.3 Å². The standard InChI is InChI=1S/C17H11Cl2NO3S/c1-23-17(22)15-14(12-4-2-3-5-13(12)24-15)20-16(21)9-6-10(18)8-11(19)7-9/h2-8H,1H3,(H,20,21). The van der Waals surface area contributed by atoms with Gasteiger partial charge in [-0.25, -0.2) is 4.79 Å². The smallest absolute Gasteiger partial charge is 0.350 e. The number of carbonyl (C=O) groups excluding carboxylic acids is 2. The molecule has 0 saturated heterocycles. The third-order valence-corrected chi connectivity index (χ3v) is 4.92. The molecule has 0 atom stereocenters. The first-order valence-corrected chi connectivity index (χ1v) is 8.44. The number of benzene rings is 2. The predicted octanol–water partition coefficient (Wildman–Crippen LogP) is 5.25. The van der Waals surface area contributed by atoms with Crippen molar-refractivity contribution in [1.82, 2.24) is 0 Å². The Bertz CT molecular complexity index is 932. The molecular weight excluding hydrogens is 369 g/mol. The molecule has 0 radical (unpaired) electrons. The van der Waals surface area contributed by atoms with Crippen LogP contribution < -0.4 is 5.32 Å². The maximum atomic E-state index is 12.5. The van der Waals surface area contributed by atoms with E-state index >= 15 is 0 Å². The van der Waals surface area contributed by atoms with Crippen LogP contribution in [0.25, 0.3) is 10.1 Å². The van der Waals surface area contributed by atoms with E-state index in [4.69, 9.17) is 27.9 Å². The number of thiophene rings is 1. The number of fused-ring (bicyclic) bond motifs is 1. The van der Waals surface area contributed by atoms with Gasteiger partial charge in [0.15, 0.2) is 0 Å². The van der Waals surface area contributed by atoms with E-state index in [1.165, 1.54) is 30.6 Å². The van der Waals surface area contributed by atoms with E-state index < -0.39 is 11.9 Å². The average molecular weight is 380 g/mol. The Kier molecular flexibility index (Phi) is 4.76. The summed E-state index contributed by atoms with van der Waals surface area (Å²) in [5, 5.41) is 4.26. The maximum Gasteiger partial charge on any atom is 0.350 e. The highest BCUT2D eigenvalue weighted by atomic mass is 35.5. The molecule has 4 nitrogen and oxygen atoms in total. The molecule has 3 rings (SSSR count). The van der Waals surface area contributed by atoms with Crippen molar-refractivity contribution in [2.45, 2.75) is 0 Å². The van der Waals surface area contributed by atoms with Gasteiger partial charge in [-0.2, -0.15) is 0 Å². The van der Waals surface area contributed by atoms with Crippen LogP contribution >= 0.6 is 34.5 Å². The van der Waals surface area contributed by atoms with Crippen LogP contribution in [0.5, 0.6) is 0 Å². The van der Waals surface area contributed by atoms with Gasteiger partial charge in [0.25, 0.3) is 5.91 Å². The Morgan fingerprint density at radius 2 is 1.75 bits per heavy atom. The second kappa shape index (κ2) is 6.81. The summed E-state index contributed by atoms with van der Waals surface area (Å²) >= 11 is 13.1. The first kappa shape index (κ1) is 16.8. The minimum Gasteiger partial charge on any atom is -0.465 e. The Morgan fingerprint density at radius 1 is 1.08 bits per heavy atom. The van der Waals surface area contributed by atoms with Gasteiger partial charge >= 0.3 is 5.97 Å². The Labute approximate surface area is 151 Å². The molecule has 1 heterocycles. The molecule has 0 spiro atoms. The van der Waals surface area contributed by atoms with Crippen LogP contribution in [0.2, 0.25) is 10.0 Å². The Hall–Kier alpha value is -2.08. The summed E-state index contributed by atoms with van der Waals surface area (Å²) in [5.41, 5.74) is 0.724. The van der Waals surface area contributed by atoms with Gasteiger partial charge in [-0.3, -0.25) is 4.79 Å². The molecule has 1 amide bonds. The predicted molar refractivity (Wildman–Crippen MR) is 97.6 cm³/mol. The van der Waals surface area contributed by atoms with Crippen molar-refractivity contribution in [2.75, 3.05) is 12.4 Å². The van der Waals surface area contributed by atoms with Gasteiger partial charge in [0, 0.05) is 25.7 Å². The van der Waals surface area contributed by atoms with Crippen molar-refractivity contribution in [2.24, 2.45) is 0 Å². The summed E-state index contributed by atoms with van der Waals surface area (Å²) in [4.78, 5) is 24.9. The molecule has 1 N–H and O–H groups in total. The molecule has 0 aliphatic rings. The molecule has 0 fully saturated rings. The van der Waals surface area contributed by atoms with Crippen molar-refractivity contribution in [3.8, 4) is 0 Å². The highest BCUT2D eigenvalue weighted by Gasteiger charge is 2.21. The summed E-state index contributed by atoms with van der Waals surface area (Å²) in [6, 6.07) is 12.0. The normalized spacial score (nSPS) is 10.6. The van der Waals surface area contributed by atoms with Gasteiger partial charge in [0.2, 0.25) is 0 Å². The molecule has 0 aliphatic heterocycles. The van der Waals surface area contributed by atoms with Crippen LogP contribution in [0.15, 0.2) is 42.5 Å². The number of nitrogens with one attached hydrogen (secondary N) is 1. The van der Waals surface area contributed by atoms with E-state index in [0.717, 1.165) is 10.1 Å². The maximum absolute atomic E-state index is 12.5. The summed E-state index contributed by atoms with van der Waals surface area (Å²) in [7, 11) is 1.30. The van der Waals surface area contributed by atoms with Crippen LogP contribution in [0.1, 0.15) is 20.0 Å². The van der Waals surface area contributed by atoms with Crippen molar-refractivity contribution in [3.63, 3.8) is 0 Å². The van der Waals surface area contributed by atoms with Crippen molar-refractivity contribution >= 4 is 62.2 Å². The van der Waals surface area contributed by atoms with E-state index in [1.807, 2.05) is 24.3 Å². The number of halogens is 2. The first-order chi connectivity index (χ1) is 11.5. The topological polar surface area (TPSA) is 55.4 Å². The molecule has 0 unspecified atom stereocenters. The Balaban J connectivity index is 2.05. The van der Waals surface area contributed by atoms with Gasteiger partial charge in [0.05, 0.1) is 12.8 Å². The lowest BCUT2D eigenvalue weighted by atomic mass is 10.2. The molecule has 0 aliphatic carbocycles. The third-order valence-electron chi connectivity index (χ3n) is 3.33. The van der Waals surface area contributed by atoms with E-state index in [-0.39, 0.29) is 0 Å². The molecule has 122 valence electrons. The molecule has 1 aromatic heterocycles. The highest BCUT2D eigenvalue weighted by Crippen LogP contribution is 2.36. The van der Waals surface area contributed by atoms with Crippen molar-refractivity contribution in [1.29, 1.82) is 0 Å². The van der Waals surface area contributed by atoms with Crippen molar-refractivity contribution in [3.05, 3.63) is 63.0 Å². The van der Waals surface area contributed by atoms with Crippen LogP contribution in [-0.2, 0) is 4.74 Å². The number of esters is 1. The van der Waals surface area contributed by atoms with Crippen LogP contribution in [0, 0.1) is 0 Å². The third kappa shape index (κ3) is 3.24.